The van der Waals surface area contributed by atoms with Crippen LogP contribution < -0.4 is 0 Å². The summed E-state index contributed by atoms with van der Waals surface area (Å²) < 4.78 is 15.7. The number of nitrogens with one attached hydrogen (secondary N) is 1. The summed E-state index contributed by atoms with van der Waals surface area (Å²) in [6.07, 6.45) is 5.81. The Bertz CT molecular complexity index is 1090. The zero-order valence-electron chi connectivity index (χ0n) is 15.8. The van der Waals surface area contributed by atoms with E-state index >= 15 is 0 Å². The second-order valence-electron chi connectivity index (χ2n) is 7.89. The lowest BCUT2D eigenvalue weighted by molar-refractivity contribution is 0.533. The van der Waals surface area contributed by atoms with E-state index in [0.29, 0.717) is 6.54 Å². The number of halogens is 1. The minimum absolute atomic E-state index is 0.0818. The topological polar surface area (TPSA) is 46.5 Å². The lowest BCUT2D eigenvalue weighted by Gasteiger charge is -2.14. The van der Waals surface area contributed by atoms with Gasteiger partial charge in [0.2, 0.25) is 0 Å². The van der Waals surface area contributed by atoms with E-state index in [4.69, 9.17) is 5.10 Å². The molecule has 0 bridgehead atoms. The van der Waals surface area contributed by atoms with Gasteiger partial charge in [0.15, 0.2) is 0 Å². The number of nitrogens with zero attached hydrogens (tertiary/aromatic N) is 3. The van der Waals surface area contributed by atoms with Crippen molar-refractivity contribution in [2.45, 2.75) is 39.2 Å². The van der Waals surface area contributed by atoms with E-state index in [2.05, 4.69) is 55.1 Å². The van der Waals surface area contributed by atoms with Gasteiger partial charge in [0.1, 0.15) is 5.82 Å². The van der Waals surface area contributed by atoms with Gasteiger partial charge in [-0.3, -0.25) is 9.67 Å². The van der Waals surface area contributed by atoms with Crippen molar-refractivity contribution in [2.24, 2.45) is 0 Å². The van der Waals surface area contributed by atoms with Crippen LogP contribution >= 0.6 is 0 Å². The molecule has 4 rings (SSSR count). The molecule has 27 heavy (non-hydrogen) atoms. The van der Waals surface area contributed by atoms with E-state index < -0.39 is 0 Å². The molecule has 1 N–H and O–H groups in total. The van der Waals surface area contributed by atoms with E-state index in [-0.39, 0.29) is 11.2 Å². The summed E-state index contributed by atoms with van der Waals surface area (Å²) in [6, 6.07) is 11.8. The van der Waals surface area contributed by atoms with Gasteiger partial charge >= 0.3 is 0 Å². The average molecular weight is 362 g/mol. The summed E-state index contributed by atoms with van der Waals surface area (Å²) in [5, 5.41) is 6.05. The maximum Gasteiger partial charge on any atom is 0.142 e. The molecule has 0 atom stereocenters. The number of aryl methyl sites for hydroxylation is 2. The van der Waals surface area contributed by atoms with Gasteiger partial charge in [-0.2, -0.15) is 5.10 Å². The van der Waals surface area contributed by atoms with Gasteiger partial charge in [0.05, 0.1) is 17.6 Å². The molecule has 0 saturated heterocycles. The van der Waals surface area contributed by atoms with Crippen molar-refractivity contribution in [3.8, 4) is 11.3 Å². The van der Waals surface area contributed by atoms with Crippen LogP contribution in [0.1, 0.15) is 32.0 Å². The molecule has 0 aliphatic rings. The second kappa shape index (κ2) is 6.65. The first kappa shape index (κ1) is 17.5. The van der Waals surface area contributed by atoms with Crippen LogP contribution in [0.15, 0.2) is 55.0 Å². The molecule has 0 amide bonds. The fraction of sp³-hybridized carbons (Fsp3) is 0.273. The molecular formula is C22H23FN4. The monoisotopic (exact) mass is 362 g/mol. The number of rotatable bonds is 4. The van der Waals surface area contributed by atoms with Gasteiger partial charge < -0.3 is 4.98 Å². The number of hydrogen-bond donors (Lipinski definition) is 1. The van der Waals surface area contributed by atoms with Crippen LogP contribution in [0.25, 0.3) is 22.2 Å². The average Bonchev–Trinajstić information content (AvgIpc) is 3.24. The highest BCUT2D eigenvalue weighted by molar-refractivity contribution is 5.83. The molecular weight excluding hydrogens is 339 g/mol. The zero-order chi connectivity index (χ0) is 19.0. The molecule has 0 aliphatic carbocycles. The lowest BCUT2D eigenvalue weighted by atomic mass is 9.92. The number of aromatic nitrogens is 4. The van der Waals surface area contributed by atoms with E-state index in [1.165, 1.54) is 23.2 Å². The van der Waals surface area contributed by atoms with E-state index in [0.717, 1.165) is 28.9 Å². The molecule has 0 spiro atoms. The highest BCUT2D eigenvalue weighted by Crippen LogP contribution is 2.28. The van der Waals surface area contributed by atoms with Crippen molar-refractivity contribution in [1.82, 2.24) is 19.7 Å². The van der Waals surface area contributed by atoms with E-state index in [1.807, 2.05) is 16.8 Å². The van der Waals surface area contributed by atoms with Crippen molar-refractivity contribution >= 4 is 10.9 Å². The lowest BCUT2D eigenvalue weighted by Crippen LogP contribution is -2.13. The summed E-state index contributed by atoms with van der Waals surface area (Å²) in [4.78, 5) is 7.32. The minimum atomic E-state index is -0.339. The number of para-hydroxylation sites is 1. The van der Waals surface area contributed by atoms with Gasteiger partial charge in [-0.05, 0) is 30.2 Å². The zero-order valence-corrected chi connectivity index (χ0v) is 15.8. The predicted molar refractivity (Wildman–Crippen MR) is 106 cm³/mol. The van der Waals surface area contributed by atoms with Gasteiger partial charge in [-0.15, -0.1) is 0 Å². The molecule has 3 aromatic heterocycles. The van der Waals surface area contributed by atoms with Crippen molar-refractivity contribution in [3.63, 3.8) is 0 Å². The molecule has 0 aliphatic heterocycles. The summed E-state index contributed by atoms with van der Waals surface area (Å²) in [5.41, 5.74) is 4.94. The maximum absolute atomic E-state index is 13.7. The molecule has 4 nitrogen and oxygen atoms in total. The fourth-order valence-corrected chi connectivity index (χ4v) is 3.30. The Morgan fingerprint density at radius 1 is 1.11 bits per heavy atom. The molecule has 0 radical (unpaired) electrons. The van der Waals surface area contributed by atoms with Crippen LogP contribution in [-0.4, -0.2) is 19.7 Å². The third-order valence-electron chi connectivity index (χ3n) is 4.82. The third kappa shape index (κ3) is 3.50. The highest BCUT2D eigenvalue weighted by Gasteiger charge is 2.21. The van der Waals surface area contributed by atoms with Crippen molar-refractivity contribution < 1.29 is 4.39 Å². The number of aromatic amines is 1. The first-order valence-electron chi connectivity index (χ1n) is 9.16. The van der Waals surface area contributed by atoms with Gasteiger partial charge in [-0.1, -0.05) is 39.0 Å². The first-order chi connectivity index (χ1) is 12.9. The number of pyridine rings is 1. The number of benzene rings is 1. The van der Waals surface area contributed by atoms with E-state index in [1.54, 1.807) is 6.20 Å². The number of H-pyrrole nitrogens is 1. The third-order valence-corrected chi connectivity index (χ3v) is 4.82. The van der Waals surface area contributed by atoms with Gasteiger partial charge in [-0.25, -0.2) is 4.39 Å². The Morgan fingerprint density at radius 3 is 2.70 bits per heavy atom. The van der Waals surface area contributed by atoms with Crippen molar-refractivity contribution in [1.29, 1.82) is 0 Å². The highest BCUT2D eigenvalue weighted by atomic mass is 19.1. The molecule has 3 heterocycles. The Hall–Kier alpha value is -2.95. The number of fused-ring (bicyclic) bond motifs is 1. The summed E-state index contributed by atoms with van der Waals surface area (Å²) in [5.74, 6) is -0.339. The van der Waals surface area contributed by atoms with Crippen LogP contribution in [0.5, 0.6) is 0 Å². The van der Waals surface area contributed by atoms with Gasteiger partial charge in [0, 0.05) is 40.8 Å². The molecule has 0 fully saturated rings. The normalized spacial score (nSPS) is 12.0. The van der Waals surface area contributed by atoms with Crippen LogP contribution in [0.4, 0.5) is 4.39 Å². The molecule has 0 unspecified atom stereocenters. The molecule has 5 heteroatoms. The second-order valence-corrected chi connectivity index (χ2v) is 7.89. The first-order valence-corrected chi connectivity index (χ1v) is 9.16. The Morgan fingerprint density at radius 2 is 1.93 bits per heavy atom. The van der Waals surface area contributed by atoms with Crippen molar-refractivity contribution in [2.75, 3.05) is 0 Å². The summed E-state index contributed by atoms with van der Waals surface area (Å²) in [6.45, 7) is 7.11. The standard InChI is InChI=1S/C22H23FN4/c1-22(2,3)21-11-20(16-10-17(23)14-24-12-16)27(26-21)9-8-15-13-25-19-7-5-4-6-18(15)19/h4-7,10-14,25H,8-9H2,1-3H3. The smallest absolute Gasteiger partial charge is 0.142 e. The van der Waals surface area contributed by atoms with Gasteiger partial charge in [0.25, 0.3) is 0 Å². The predicted octanol–water partition coefficient (Wildman–Crippen LogP) is 5.11. The molecule has 1 aromatic carbocycles. The van der Waals surface area contributed by atoms with Crippen LogP contribution in [0.2, 0.25) is 0 Å². The number of hydrogen-bond acceptors (Lipinski definition) is 2. The summed E-state index contributed by atoms with van der Waals surface area (Å²) >= 11 is 0. The largest absolute Gasteiger partial charge is 0.361 e. The quantitative estimate of drug-likeness (QED) is 0.549. The van der Waals surface area contributed by atoms with E-state index in [9.17, 15) is 4.39 Å². The van der Waals surface area contributed by atoms with Crippen LogP contribution in [-0.2, 0) is 18.4 Å². The Kier molecular flexibility index (Phi) is 4.30. The molecule has 0 saturated carbocycles. The Balaban J connectivity index is 1.69. The Labute approximate surface area is 158 Å². The fourth-order valence-electron chi connectivity index (χ4n) is 3.30. The van der Waals surface area contributed by atoms with Crippen LogP contribution in [0.3, 0.4) is 0 Å². The maximum atomic E-state index is 13.7. The summed E-state index contributed by atoms with van der Waals surface area (Å²) in [7, 11) is 0. The molecule has 138 valence electrons. The SMILES string of the molecule is CC(C)(C)c1cc(-c2cncc(F)c2)n(CCc2c[nH]c3ccccc23)n1. The van der Waals surface area contributed by atoms with Crippen molar-refractivity contribution in [3.05, 3.63) is 72.1 Å². The minimum Gasteiger partial charge on any atom is -0.361 e. The molecule has 4 aromatic rings. The van der Waals surface area contributed by atoms with Crippen LogP contribution in [0, 0.1) is 5.82 Å².